The predicted molar refractivity (Wildman–Crippen MR) is 100 cm³/mol. The zero-order valence-electron chi connectivity index (χ0n) is 14.6. The first-order valence-corrected chi connectivity index (χ1v) is 9.49. The van der Waals surface area contributed by atoms with E-state index in [2.05, 4.69) is 25.9 Å². The summed E-state index contributed by atoms with van der Waals surface area (Å²) in [5, 5.41) is 10.2. The van der Waals surface area contributed by atoms with Crippen molar-refractivity contribution in [3.8, 4) is 16.5 Å². The molecule has 1 amide bonds. The molecule has 3 rings (SSSR count). The summed E-state index contributed by atoms with van der Waals surface area (Å²) in [6, 6.07) is 1.82. The number of nitrogens with zero attached hydrogens (tertiary/aromatic N) is 2. The number of carbonyl (C=O) groups is 1. The summed E-state index contributed by atoms with van der Waals surface area (Å²) >= 11 is 4.65. The topological polar surface area (TPSA) is 111 Å². The Kier molecular flexibility index (Phi) is 5.77. The molecule has 1 unspecified atom stereocenters. The third kappa shape index (κ3) is 3.77. The highest BCUT2D eigenvalue weighted by atomic mass is 79.9. The van der Waals surface area contributed by atoms with Gasteiger partial charge in [-0.05, 0) is 41.9 Å². The Hall–Kier alpha value is -2.37. The molecule has 1 atom stereocenters. The van der Waals surface area contributed by atoms with Crippen LogP contribution in [-0.4, -0.2) is 27.6 Å². The van der Waals surface area contributed by atoms with E-state index in [1.807, 2.05) is 13.8 Å². The first-order valence-electron chi connectivity index (χ1n) is 7.88. The van der Waals surface area contributed by atoms with E-state index < -0.39 is 41.6 Å². The van der Waals surface area contributed by atoms with Crippen LogP contribution in [0.1, 0.15) is 32.9 Å². The Morgan fingerprint density at radius 1 is 1.39 bits per heavy atom. The first-order chi connectivity index (χ1) is 13.2. The third-order valence-corrected chi connectivity index (χ3v) is 5.46. The molecule has 11 heteroatoms. The second-order valence-electron chi connectivity index (χ2n) is 5.72. The minimum Gasteiger partial charge on any atom is -0.475 e. The maximum Gasteiger partial charge on any atom is 0.254 e. The molecule has 0 fully saturated rings. The molecular weight excluding hydrogens is 460 g/mol. The molecular formula is C17H14BrF2N3O4S. The molecule has 0 saturated carbocycles. The molecule has 3 aromatic rings. The molecule has 7 nitrogen and oxygen atoms in total. The number of primary amides is 1. The largest absolute Gasteiger partial charge is 0.475 e. The number of aromatic nitrogens is 2. The maximum absolute atomic E-state index is 14.4. The number of rotatable bonds is 6. The van der Waals surface area contributed by atoms with E-state index in [0.29, 0.717) is 10.7 Å². The predicted octanol–water partition coefficient (Wildman–Crippen LogP) is 3.67. The Balaban J connectivity index is 1.94. The standard InChI is InChI=1S/C17H14BrF2N3O4S/c1-6-7(2)28-17(22-6)13-14(18)27-16(23-13)10(5-24)26-9-4-3-8(19)11(12(9)20)15(21)25/h3-4,10,24H,5H2,1-2H3,(H2,21,25). The van der Waals surface area contributed by atoms with Gasteiger partial charge in [0.05, 0.1) is 12.3 Å². The molecule has 0 radical (unpaired) electrons. The number of aryl methyl sites for hydroxylation is 2. The van der Waals surface area contributed by atoms with Crippen LogP contribution in [0.5, 0.6) is 5.75 Å². The Labute approximate surface area is 170 Å². The SMILES string of the molecule is Cc1nc(-c2nc(C(CO)Oc3ccc(F)c(C(N)=O)c3F)oc2Br)sc1C. The Morgan fingerprint density at radius 2 is 2.11 bits per heavy atom. The molecule has 0 bridgehead atoms. The lowest BCUT2D eigenvalue weighted by molar-refractivity contribution is 0.0880. The number of ether oxygens (including phenoxy) is 1. The molecule has 0 spiro atoms. The highest BCUT2D eigenvalue weighted by molar-refractivity contribution is 9.10. The van der Waals surface area contributed by atoms with E-state index in [0.717, 1.165) is 22.7 Å². The van der Waals surface area contributed by atoms with Gasteiger partial charge in [0.1, 0.15) is 16.4 Å². The number of nitrogens with two attached hydrogens (primary N) is 1. The second-order valence-corrected chi connectivity index (χ2v) is 7.65. The van der Waals surface area contributed by atoms with Gasteiger partial charge in [-0.1, -0.05) is 0 Å². The zero-order valence-corrected chi connectivity index (χ0v) is 17.0. The number of amides is 1. The Bertz CT molecular complexity index is 1030. The number of aliphatic hydroxyl groups excluding tert-OH is 1. The van der Waals surface area contributed by atoms with Crippen molar-refractivity contribution in [2.75, 3.05) is 6.61 Å². The van der Waals surface area contributed by atoms with E-state index in [-0.39, 0.29) is 10.6 Å². The molecule has 2 heterocycles. The lowest BCUT2D eigenvalue weighted by Gasteiger charge is -2.15. The molecule has 28 heavy (non-hydrogen) atoms. The van der Waals surface area contributed by atoms with E-state index in [4.69, 9.17) is 14.9 Å². The van der Waals surface area contributed by atoms with Crippen molar-refractivity contribution in [1.82, 2.24) is 9.97 Å². The molecule has 1 aromatic carbocycles. The summed E-state index contributed by atoms with van der Waals surface area (Å²) in [6.07, 6.45) is -1.21. The van der Waals surface area contributed by atoms with E-state index in [1.54, 1.807) is 0 Å². The van der Waals surface area contributed by atoms with Crippen LogP contribution in [-0.2, 0) is 0 Å². The van der Waals surface area contributed by atoms with Gasteiger partial charge < -0.3 is 20.0 Å². The fourth-order valence-corrected chi connectivity index (χ4v) is 3.80. The maximum atomic E-state index is 14.4. The average Bonchev–Trinajstić information content (AvgIpc) is 3.16. The van der Waals surface area contributed by atoms with E-state index >= 15 is 0 Å². The third-order valence-electron chi connectivity index (χ3n) is 3.85. The van der Waals surface area contributed by atoms with Gasteiger partial charge in [0, 0.05) is 4.88 Å². The van der Waals surface area contributed by atoms with Crippen LogP contribution in [0.4, 0.5) is 8.78 Å². The molecule has 0 aliphatic carbocycles. The van der Waals surface area contributed by atoms with Gasteiger partial charge in [0.25, 0.3) is 5.91 Å². The van der Waals surface area contributed by atoms with Crippen molar-refractivity contribution >= 4 is 33.2 Å². The summed E-state index contributed by atoms with van der Waals surface area (Å²) < 4.78 is 39.1. The number of benzene rings is 1. The number of oxazole rings is 1. The molecule has 3 N–H and O–H groups in total. The Morgan fingerprint density at radius 3 is 2.68 bits per heavy atom. The quantitative estimate of drug-likeness (QED) is 0.564. The van der Waals surface area contributed by atoms with Crippen molar-refractivity contribution in [3.63, 3.8) is 0 Å². The monoisotopic (exact) mass is 473 g/mol. The smallest absolute Gasteiger partial charge is 0.254 e. The van der Waals surface area contributed by atoms with Crippen LogP contribution < -0.4 is 10.5 Å². The minimum absolute atomic E-state index is 0.0563. The molecule has 0 aliphatic rings. The average molecular weight is 474 g/mol. The number of carbonyl (C=O) groups excluding carboxylic acids is 1. The van der Waals surface area contributed by atoms with Gasteiger partial charge in [-0.25, -0.2) is 18.7 Å². The van der Waals surface area contributed by atoms with Crippen molar-refractivity contribution < 1.29 is 27.8 Å². The fraction of sp³-hybridized carbons (Fsp3) is 0.235. The number of aliphatic hydroxyl groups is 1. The molecule has 0 aliphatic heterocycles. The number of hydrogen-bond donors (Lipinski definition) is 2. The molecule has 148 valence electrons. The number of hydrogen-bond acceptors (Lipinski definition) is 7. The van der Waals surface area contributed by atoms with Gasteiger partial charge in [-0.15, -0.1) is 11.3 Å². The number of thiazole rings is 1. The van der Waals surface area contributed by atoms with Crippen LogP contribution in [0, 0.1) is 25.5 Å². The van der Waals surface area contributed by atoms with Gasteiger partial charge in [-0.3, -0.25) is 4.79 Å². The normalized spacial score (nSPS) is 12.2. The van der Waals surface area contributed by atoms with Crippen LogP contribution in [0.2, 0.25) is 0 Å². The van der Waals surface area contributed by atoms with Gasteiger partial charge >= 0.3 is 0 Å². The molecule has 0 saturated heterocycles. The fourth-order valence-electron chi connectivity index (χ4n) is 2.33. The van der Waals surface area contributed by atoms with Crippen molar-refractivity contribution in [2.24, 2.45) is 5.73 Å². The summed E-state index contributed by atoms with van der Waals surface area (Å²) in [7, 11) is 0. The second kappa shape index (κ2) is 7.94. The van der Waals surface area contributed by atoms with Crippen LogP contribution in [0.15, 0.2) is 21.2 Å². The molecule has 2 aromatic heterocycles. The number of halogens is 3. The summed E-state index contributed by atoms with van der Waals surface area (Å²) in [4.78, 5) is 20.9. The van der Waals surface area contributed by atoms with Crippen molar-refractivity contribution in [2.45, 2.75) is 20.0 Å². The minimum atomic E-state index is -1.28. The zero-order chi connectivity index (χ0) is 20.6. The van der Waals surface area contributed by atoms with Gasteiger partial charge in [0.15, 0.2) is 28.0 Å². The highest BCUT2D eigenvalue weighted by Crippen LogP contribution is 2.35. The summed E-state index contributed by atoms with van der Waals surface area (Å²) in [6.45, 7) is 3.15. The highest BCUT2D eigenvalue weighted by Gasteiger charge is 2.27. The summed E-state index contributed by atoms with van der Waals surface area (Å²) in [5.74, 6) is -4.21. The van der Waals surface area contributed by atoms with Crippen molar-refractivity contribution in [3.05, 3.63) is 50.5 Å². The first kappa shape index (κ1) is 20.4. The van der Waals surface area contributed by atoms with E-state index in [9.17, 15) is 18.7 Å². The van der Waals surface area contributed by atoms with Crippen LogP contribution in [0.3, 0.4) is 0 Å². The lowest BCUT2D eigenvalue weighted by Crippen LogP contribution is -2.18. The van der Waals surface area contributed by atoms with Gasteiger partial charge in [-0.2, -0.15) is 0 Å². The summed E-state index contributed by atoms with van der Waals surface area (Å²) in [5.41, 5.74) is 5.31. The van der Waals surface area contributed by atoms with Crippen molar-refractivity contribution in [1.29, 1.82) is 0 Å². The lowest BCUT2D eigenvalue weighted by atomic mass is 10.1. The van der Waals surface area contributed by atoms with Gasteiger partial charge in [0.2, 0.25) is 5.89 Å². The van der Waals surface area contributed by atoms with Crippen LogP contribution >= 0.6 is 27.3 Å². The van der Waals surface area contributed by atoms with E-state index in [1.165, 1.54) is 11.3 Å². The van der Waals surface area contributed by atoms with Crippen LogP contribution in [0.25, 0.3) is 10.7 Å².